The Balaban J connectivity index is 2.86. The molecule has 50 valence electrons. The van der Waals surface area contributed by atoms with E-state index in [2.05, 4.69) is 0 Å². The second kappa shape index (κ2) is 5.04. The summed E-state index contributed by atoms with van der Waals surface area (Å²) >= 11 is 0. The Hall–Kier alpha value is -0.110. The predicted molar refractivity (Wildman–Crippen MR) is 31.5 cm³/mol. The van der Waals surface area contributed by atoms with Crippen LogP contribution in [0.1, 0.15) is 26.2 Å². The molecule has 0 aliphatic rings. The molecule has 0 radical (unpaired) electrons. The topological polar surface area (TPSA) is 20.2 Å². The molecule has 0 heterocycles. The van der Waals surface area contributed by atoms with Crippen LogP contribution in [0.15, 0.2) is 0 Å². The fourth-order valence-electron chi connectivity index (χ4n) is 0.517. The van der Waals surface area contributed by atoms with E-state index in [1.165, 1.54) is 0 Å². The fraction of sp³-hybridized carbons (Fsp3) is 1.00. The van der Waals surface area contributed by atoms with Gasteiger partial charge in [-0.1, -0.05) is 19.8 Å². The Kier molecular flexibility index (Phi) is 4.97. The predicted octanol–water partition coefficient (Wildman–Crippen LogP) is 1.51. The third-order valence-electron chi connectivity index (χ3n) is 1.07. The Morgan fingerprint density at radius 1 is 1.62 bits per heavy atom. The third-order valence-corrected chi connectivity index (χ3v) is 1.07. The molecule has 0 fully saturated rings. The molecule has 1 nitrogen and oxygen atoms in total. The molecule has 0 rings (SSSR count). The highest BCUT2D eigenvalue weighted by Gasteiger charge is 1.99. The SMILES string of the molecule is CCCCC(O)CF. The number of alkyl halides is 1. The molecule has 0 bridgehead atoms. The molecule has 0 aromatic heterocycles. The van der Waals surface area contributed by atoms with Gasteiger partial charge in [0.1, 0.15) is 6.67 Å². The lowest BCUT2D eigenvalue weighted by atomic mass is 10.2. The zero-order chi connectivity index (χ0) is 6.41. The van der Waals surface area contributed by atoms with Crippen molar-refractivity contribution >= 4 is 0 Å². The van der Waals surface area contributed by atoms with E-state index in [0.717, 1.165) is 12.8 Å². The number of aliphatic hydroxyl groups is 1. The summed E-state index contributed by atoms with van der Waals surface area (Å²) in [5.74, 6) is 0. The smallest absolute Gasteiger partial charge is 0.115 e. The third kappa shape index (κ3) is 4.06. The van der Waals surface area contributed by atoms with Crippen molar-refractivity contribution in [2.75, 3.05) is 6.67 Å². The van der Waals surface area contributed by atoms with Gasteiger partial charge in [-0.05, 0) is 6.42 Å². The van der Waals surface area contributed by atoms with E-state index >= 15 is 0 Å². The Morgan fingerprint density at radius 2 is 2.25 bits per heavy atom. The van der Waals surface area contributed by atoms with Crippen LogP contribution in [0.4, 0.5) is 4.39 Å². The monoisotopic (exact) mass is 120 g/mol. The summed E-state index contributed by atoms with van der Waals surface area (Å²) < 4.78 is 11.5. The molecule has 2 heteroatoms. The fourth-order valence-corrected chi connectivity index (χ4v) is 0.517. The summed E-state index contributed by atoms with van der Waals surface area (Å²) in [6, 6.07) is 0. The van der Waals surface area contributed by atoms with Crippen LogP contribution >= 0.6 is 0 Å². The second-order valence-electron chi connectivity index (χ2n) is 1.95. The lowest BCUT2D eigenvalue weighted by Gasteiger charge is -2.01. The maximum Gasteiger partial charge on any atom is 0.115 e. The summed E-state index contributed by atoms with van der Waals surface area (Å²) in [6.45, 7) is 1.42. The van der Waals surface area contributed by atoms with Gasteiger partial charge in [0.2, 0.25) is 0 Å². The van der Waals surface area contributed by atoms with Crippen molar-refractivity contribution in [3.63, 3.8) is 0 Å². The van der Waals surface area contributed by atoms with Crippen molar-refractivity contribution in [3.05, 3.63) is 0 Å². The average molecular weight is 120 g/mol. The summed E-state index contributed by atoms with van der Waals surface area (Å²) in [5.41, 5.74) is 0. The van der Waals surface area contributed by atoms with Crippen molar-refractivity contribution in [2.24, 2.45) is 0 Å². The van der Waals surface area contributed by atoms with Crippen LogP contribution in [0.2, 0.25) is 0 Å². The highest BCUT2D eigenvalue weighted by atomic mass is 19.1. The molecule has 1 N–H and O–H groups in total. The van der Waals surface area contributed by atoms with E-state index in [0.29, 0.717) is 6.42 Å². The van der Waals surface area contributed by atoms with Crippen LogP contribution in [0.5, 0.6) is 0 Å². The molecule has 1 atom stereocenters. The zero-order valence-electron chi connectivity index (χ0n) is 5.23. The van der Waals surface area contributed by atoms with E-state index in [1.54, 1.807) is 0 Å². The molecular weight excluding hydrogens is 107 g/mol. The van der Waals surface area contributed by atoms with Crippen molar-refractivity contribution in [3.8, 4) is 0 Å². The van der Waals surface area contributed by atoms with Crippen LogP contribution < -0.4 is 0 Å². The van der Waals surface area contributed by atoms with E-state index in [1.807, 2.05) is 6.92 Å². The first-order valence-electron chi connectivity index (χ1n) is 3.05. The number of halogens is 1. The summed E-state index contributed by atoms with van der Waals surface area (Å²) in [7, 11) is 0. The molecule has 0 saturated carbocycles. The molecule has 1 unspecified atom stereocenters. The normalized spacial score (nSPS) is 13.9. The minimum absolute atomic E-state index is 0.597. The Bertz CT molecular complexity index is 47.8. The lowest BCUT2D eigenvalue weighted by Crippen LogP contribution is -2.07. The van der Waals surface area contributed by atoms with Gasteiger partial charge in [-0.25, -0.2) is 4.39 Å². The number of rotatable bonds is 4. The highest BCUT2D eigenvalue weighted by molar-refractivity contribution is 4.50. The van der Waals surface area contributed by atoms with E-state index in [-0.39, 0.29) is 0 Å². The Labute approximate surface area is 49.5 Å². The number of hydrogen-bond donors (Lipinski definition) is 1. The minimum Gasteiger partial charge on any atom is -0.390 e. The molecular formula is C6H13FO. The zero-order valence-corrected chi connectivity index (χ0v) is 5.23. The highest BCUT2D eigenvalue weighted by Crippen LogP contribution is 1.99. The minimum atomic E-state index is -0.713. The maximum absolute atomic E-state index is 11.5. The van der Waals surface area contributed by atoms with Gasteiger partial charge in [0.25, 0.3) is 0 Å². The number of aliphatic hydroxyl groups excluding tert-OH is 1. The quantitative estimate of drug-likeness (QED) is 0.596. The Morgan fingerprint density at radius 3 is 2.62 bits per heavy atom. The second-order valence-corrected chi connectivity index (χ2v) is 1.95. The van der Waals surface area contributed by atoms with Crippen molar-refractivity contribution in [1.29, 1.82) is 0 Å². The molecule has 0 aliphatic carbocycles. The molecule has 0 aromatic carbocycles. The van der Waals surface area contributed by atoms with Crippen LogP contribution in [0, 0.1) is 0 Å². The van der Waals surface area contributed by atoms with Gasteiger partial charge in [0.15, 0.2) is 0 Å². The van der Waals surface area contributed by atoms with Gasteiger partial charge in [-0.3, -0.25) is 0 Å². The molecule has 8 heavy (non-hydrogen) atoms. The van der Waals surface area contributed by atoms with Gasteiger partial charge in [-0.2, -0.15) is 0 Å². The van der Waals surface area contributed by atoms with Crippen LogP contribution in [-0.2, 0) is 0 Å². The first-order chi connectivity index (χ1) is 3.81. The molecule has 0 amide bonds. The lowest BCUT2D eigenvalue weighted by molar-refractivity contribution is 0.128. The average Bonchev–Trinajstić information content (AvgIpc) is 1.83. The molecule has 0 aromatic rings. The first kappa shape index (κ1) is 7.89. The number of unbranched alkanes of at least 4 members (excludes halogenated alkanes) is 1. The van der Waals surface area contributed by atoms with Crippen LogP contribution in [0.3, 0.4) is 0 Å². The molecule has 0 spiro atoms. The van der Waals surface area contributed by atoms with E-state index in [4.69, 9.17) is 5.11 Å². The van der Waals surface area contributed by atoms with Gasteiger partial charge >= 0.3 is 0 Å². The van der Waals surface area contributed by atoms with Crippen molar-refractivity contribution in [2.45, 2.75) is 32.3 Å². The molecule has 0 saturated heterocycles. The van der Waals surface area contributed by atoms with Crippen molar-refractivity contribution < 1.29 is 9.50 Å². The summed E-state index contributed by atoms with van der Waals surface area (Å²) in [5, 5.41) is 8.61. The van der Waals surface area contributed by atoms with Crippen molar-refractivity contribution in [1.82, 2.24) is 0 Å². The number of hydrogen-bond acceptors (Lipinski definition) is 1. The summed E-state index contributed by atoms with van der Waals surface area (Å²) in [4.78, 5) is 0. The van der Waals surface area contributed by atoms with E-state index in [9.17, 15) is 4.39 Å². The molecule has 0 aliphatic heterocycles. The first-order valence-corrected chi connectivity index (χ1v) is 3.05. The van der Waals surface area contributed by atoms with E-state index < -0.39 is 12.8 Å². The van der Waals surface area contributed by atoms with Crippen LogP contribution in [-0.4, -0.2) is 17.9 Å². The summed E-state index contributed by atoms with van der Waals surface area (Å²) in [6.07, 6.45) is 1.84. The maximum atomic E-state index is 11.5. The van der Waals surface area contributed by atoms with Gasteiger partial charge in [-0.15, -0.1) is 0 Å². The standard InChI is InChI=1S/C6H13FO/c1-2-3-4-6(8)5-7/h6,8H,2-5H2,1H3. The van der Waals surface area contributed by atoms with Crippen LogP contribution in [0.25, 0.3) is 0 Å². The largest absolute Gasteiger partial charge is 0.390 e. The van der Waals surface area contributed by atoms with Gasteiger partial charge in [0.05, 0.1) is 6.10 Å². The van der Waals surface area contributed by atoms with Gasteiger partial charge < -0.3 is 5.11 Å². The van der Waals surface area contributed by atoms with Gasteiger partial charge in [0, 0.05) is 0 Å².